The van der Waals surface area contributed by atoms with Crippen LogP contribution < -0.4 is 0 Å². The number of aliphatic hydroxyl groups excluding tert-OH is 3. The minimum Gasteiger partial charge on any atom is -0.456 e. The lowest BCUT2D eigenvalue weighted by atomic mass is 9.85. The van der Waals surface area contributed by atoms with Crippen molar-refractivity contribution in [3.63, 3.8) is 0 Å². The Hall–Kier alpha value is -3.93. The van der Waals surface area contributed by atoms with Gasteiger partial charge in [0.25, 0.3) is 0 Å². The van der Waals surface area contributed by atoms with Crippen molar-refractivity contribution in [1.82, 2.24) is 0 Å². The van der Waals surface area contributed by atoms with Crippen molar-refractivity contribution in [2.45, 2.75) is 146 Å². The average molecular weight is 943 g/mol. The first-order chi connectivity index (χ1) is 29.8. The molecular formula is C41H53O19P3. The second-order valence-corrected chi connectivity index (χ2v) is 17.3. The van der Waals surface area contributed by atoms with Gasteiger partial charge in [0, 0.05) is 12.3 Å². The summed E-state index contributed by atoms with van der Waals surface area (Å²) < 4.78 is 64.5. The fourth-order valence-electron chi connectivity index (χ4n) is 5.52. The summed E-state index contributed by atoms with van der Waals surface area (Å²) in [6, 6.07) is 0. The van der Waals surface area contributed by atoms with E-state index in [0.29, 0.717) is 12.8 Å². The molecular weight excluding hydrogens is 889 g/mol. The Morgan fingerprint density at radius 2 is 0.952 bits per heavy atom. The van der Waals surface area contributed by atoms with E-state index in [4.69, 9.17) is 18.5 Å². The molecule has 8 N–H and O–H groups in total. The summed E-state index contributed by atoms with van der Waals surface area (Å²) in [7, 11) is -16.7. The fraction of sp³-hybridized carbons (Fsp3) is 0.610. The number of carbonyl (C=O) groups is 2. The highest BCUT2D eigenvalue weighted by molar-refractivity contribution is 7.47. The van der Waals surface area contributed by atoms with Gasteiger partial charge in [-0.1, -0.05) is 89.9 Å². The van der Waals surface area contributed by atoms with Gasteiger partial charge < -0.3 is 49.3 Å². The van der Waals surface area contributed by atoms with E-state index in [1.54, 1.807) is 6.92 Å². The normalized spacial score (nSPS) is 20.3. The molecule has 1 fully saturated rings. The van der Waals surface area contributed by atoms with E-state index >= 15 is 0 Å². The molecule has 1 saturated carbocycles. The van der Waals surface area contributed by atoms with E-state index in [9.17, 15) is 63.1 Å². The third-order valence-electron chi connectivity index (χ3n) is 8.38. The number of carbonyl (C=O) groups excluding carboxylic acids is 2. The second kappa shape index (κ2) is 31.8. The lowest BCUT2D eigenvalue weighted by molar-refractivity contribution is -0.213. The van der Waals surface area contributed by atoms with Crippen LogP contribution in [0.2, 0.25) is 0 Å². The largest absolute Gasteiger partial charge is 0.472 e. The monoisotopic (exact) mass is 942 g/mol. The number of ether oxygens (including phenoxy) is 2. The third kappa shape index (κ3) is 28.5. The third-order valence-corrected chi connectivity index (χ3v) is 10.4. The summed E-state index contributed by atoms with van der Waals surface area (Å²) in [5.74, 6) is 31.2. The van der Waals surface area contributed by atoms with Crippen LogP contribution in [0.15, 0.2) is 0 Å². The zero-order valence-electron chi connectivity index (χ0n) is 34.8. The molecule has 0 aromatic heterocycles. The Balaban J connectivity index is 2.96. The fourth-order valence-corrected chi connectivity index (χ4v) is 7.62. The highest BCUT2D eigenvalue weighted by Gasteiger charge is 2.56. The van der Waals surface area contributed by atoms with Crippen molar-refractivity contribution in [1.29, 1.82) is 0 Å². The molecule has 0 radical (unpaired) electrons. The van der Waals surface area contributed by atoms with Gasteiger partial charge >= 0.3 is 35.4 Å². The summed E-state index contributed by atoms with van der Waals surface area (Å²) >= 11 is 0. The van der Waals surface area contributed by atoms with Crippen LogP contribution in [-0.2, 0) is 50.9 Å². The molecule has 346 valence electrons. The molecule has 1 aliphatic rings. The molecule has 19 nitrogen and oxygen atoms in total. The second-order valence-electron chi connectivity index (χ2n) is 13.5. The van der Waals surface area contributed by atoms with Crippen LogP contribution in [-0.4, -0.2) is 108 Å². The minimum atomic E-state index is -5.63. The van der Waals surface area contributed by atoms with E-state index in [0.717, 1.165) is 25.7 Å². The molecule has 1 rings (SSSR count). The summed E-state index contributed by atoms with van der Waals surface area (Å²) in [6.45, 7) is 1.99. The van der Waals surface area contributed by atoms with Crippen molar-refractivity contribution >= 4 is 35.4 Å². The van der Waals surface area contributed by atoms with E-state index < -0.39 is 91.3 Å². The van der Waals surface area contributed by atoms with Crippen molar-refractivity contribution in [2.24, 2.45) is 0 Å². The summed E-state index contributed by atoms with van der Waals surface area (Å²) in [4.78, 5) is 72.4. The number of phosphoric acid groups is 3. The van der Waals surface area contributed by atoms with E-state index in [1.807, 2.05) is 5.92 Å². The van der Waals surface area contributed by atoms with Gasteiger partial charge in [-0.2, -0.15) is 0 Å². The van der Waals surface area contributed by atoms with Gasteiger partial charge in [0.15, 0.2) is 6.10 Å². The van der Waals surface area contributed by atoms with E-state index in [2.05, 4.69) is 92.9 Å². The first kappa shape index (κ1) is 57.1. The number of aliphatic hydroxyl groups is 3. The molecule has 0 aromatic rings. The van der Waals surface area contributed by atoms with Crippen molar-refractivity contribution in [3.05, 3.63) is 0 Å². The first-order valence-corrected chi connectivity index (χ1v) is 24.3. The molecule has 4 unspecified atom stereocenters. The zero-order valence-corrected chi connectivity index (χ0v) is 37.4. The maximum atomic E-state index is 13.0. The molecule has 0 aliphatic heterocycles. The minimum absolute atomic E-state index is 0.0811. The van der Waals surface area contributed by atoms with Crippen molar-refractivity contribution in [3.8, 4) is 82.9 Å². The topological polar surface area (TPSA) is 303 Å². The molecule has 0 bridgehead atoms. The maximum Gasteiger partial charge on any atom is 0.472 e. The molecule has 0 heterocycles. The van der Waals surface area contributed by atoms with Gasteiger partial charge in [-0.15, -0.1) is 0 Å². The van der Waals surface area contributed by atoms with Crippen molar-refractivity contribution in [2.75, 3.05) is 13.2 Å². The number of hydrogen-bond acceptors (Lipinski definition) is 14. The van der Waals surface area contributed by atoms with Gasteiger partial charge in [-0.25, -0.2) is 18.5 Å². The highest BCUT2D eigenvalue weighted by atomic mass is 31.2. The Labute approximate surface area is 367 Å². The van der Waals surface area contributed by atoms with Gasteiger partial charge in [-0.05, 0) is 84.4 Å². The molecule has 1 aliphatic carbocycles. The number of esters is 2. The summed E-state index contributed by atoms with van der Waals surface area (Å²) in [5, 5.41) is 31.7. The summed E-state index contributed by atoms with van der Waals surface area (Å²) in [6.07, 6.45) is -3.06. The van der Waals surface area contributed by atoms with Crippen LogP contribution in [0.5, 0.6) is 0 Å². The van der Waals surface area contributed by atoms with Crippen LogP contribution in [0.4, 0.5) is 0 Å². The van der Waals surface area contributed by atoms with Crippen LogP contribution in [0, 0.1) is 82.9 Å². The zero-order chi connectivity index (χ0) is 47.2. The van der Waals surface area contributed by atoms with E-state index in [-0.39, 0.29) is 6.42 Å². The number of phosphoric ester groups is 3. The van der Waals surface area contributed by atoms with Gasteiger partial charge in [-0.3, -0.25) is 22.9 Å². The summed E-state index contributed by atoms with van der Waals surface area (Å²) in [5.41, 5.74) is 0. The number of hydrogen-bond donors (Lipinski definition) is 8. The Kier molecular flexibility index (Phi) is 28.9. The van der Waals surface area contributed by atoms with E-state index in [1.165, 1.54) is 44.9 Å². The Morgan fingerprint density at radius 1 is 0.540 bits per heavy atom. The predicted octanol–water partition coefficient (Wildman–Crippen LogP) is 2.52. The predicted molar refractivity (Wildman–Crippen MR) is 224 cm³/mol. The lowest BCUT2D eigenvalue weighted by Gasteiger charge is -2.44. The molecule has 0 spiro atoms. The standard InChI is InChI=1S/C41H53O19P3/c1-3-5-7-9-11-13-15-17-19-21-23-25-27-29-34(42)55-31-33(57-35(43)30-28-26-24-22-20-18-16-14-12-10-8-6-4-2)32-56-63(53,54)60-39-36(44)37(45)40(58-61(47,48)49)41(38(39)46)59-62(50,51)52/h33,36-41,44-46H,4,6,8,10,12,14,16,18,20,22,24,26,28,30-32H2,1-2H3,(H,53,54)(H2,47,48,49)(H2,50,51,52)/t33-,36?,37+,38-,39?,40+,41?/m1/s1. The molecule has 8 atom stereocenters. The van der Waals surface area contributed by atoms with Crippen LogP contribution in [0.25, 0.3) is 0 Å². The van der Waals surface area contributed by atoms with Gasteiger partial charge in [0.2, 0.25) is 0 Å². The maximum absolute atomic E-state index is 13.0. The number of unbranched alkanes of at least 4 members (excludes halogenated alkanes) is 12. The highest BCUT2D eigenvalue weighted by Crippen LogP contribution is 2.51. The molecule has 63 heavy (non-hydrogen) atoms. The smallest absolute Gasteiger partial charge is 0.456 e. The Morgan fingerprint density at radius 3 is 1.41 bits per heavy atom. The Bertz CT molecular complexity index is 2070. The average Bonchev–Trinajstić information content (AvgIpc) is 3.20. The molecule has 0 amide bonds. The van der Waals surface area contributed by atoms with Gasteiger partial charge in [0.05, 0.1) is 6.61 Å². The number of rotatable bonds is 26. The van der Waals surface area contributed by atoms with Crippen molar-refractivity contribution < 1.29 is 90.6 Å². The lowest BCUT2D eigenvalue weighted by Crippen LogP contribution is -2.65. The van der Waals surface area contributed by atoms with Gasteiger partial charge in [0.1, 0.15) is 43.2 Å². The van der Waals surface area contributed by atoms with Crippen LogP contribution in [0.1, 0.15) is 104 Å². The molecule has 0 aromatic carbocycles. The van der Waals surface area contributed by atoms with Crippen LogP contribution >= 0.6 is 23.5 Å². The SMILES string of the molecule is CC#CC#CC#CC#CC#CC#CC#CC(=O)OC[C@H](COP(=O)(O)OC1C(O)[C@H](O)[C@H](OP(=O)(O)O)C(OP(=O)(O)O)[C@@H]1O)OC(=O)CCCCCCCCCCCCCCC. The first-order valence-electron chi connectivity index (χ1n) is 19.8. The van der Waals surface area contributed by atoms with Crippen LogP contribution in [0.3, 0.4) is 0 Å². The quantitative estimate of drug-likeness (QED) is 0.0203. The molecule has 0 saturated heterocycles. The molecule has 22 heteroatoms.